The number of amides is 1. The lowest BCUT2D eigenvalue weighted by Crippen LogP contribution is -2.38. The van der Waals surface area contributed by atoms with E-state index in [9.17, 15) is 23.8 Å². The van der Waals surface area contributed by atoms with E-state index in [-0.39, 0.29) is 12.3 Å². The highest BCUT2D eigenvalue weighted by molar-refractivity contribution is 5.67. The molecule has 0 aromatic heterocycles. The number of aliphatic hydroxyl groups excluding tert-OH is 2. The Bertz CT molecular complexity index is 502. The monoisotopic (exact) mass is 333 g/mol. The van der Waals surface area contributed by atoms with Crippen LogP contribution in [0.2, 0.25) is 0 Å². The number of nitrogens with one attached hydrogen (secondary N) is 1. The van der Waals surface area contributed by atoms with Gasteiger partial charge in [-0.05, 0) is 38.5 Å². The third kappa shape index (κ3) is 7.25. The molecule has 0 aliphatic carbocycles. The minimum absolute atomic E-state index is 0.0580. The molecule has 0 heterocycles. The molecule has 0 aliphatic rings. The van der Waals surface area contributed by atoms with Gasteiger partial charge in [-0.1, -0.05) is 12.1 Å². The van der Waals surface area contributed by atoms with Gasteiger partial charge >= 0.3 is 12.7 Å². The second-order valence-electron chi connectivity index (χ2n) is 5.84. The van der Waals surface area contributed by atoms with Crippen LogP contribution in [-0.2, 0) is 4.74 Å². The largest absolute Gasteiger partial charge is 0.444 e. The fourth-order valence-electron chi connectivity index (χ4n) is 1.68. The standard InChI is InChI=1S/C15H21F2NO5/c1-15(2,3)23-14(21)18-8-11(19)12(20)9-4-6-10(7-5-9)22-13(16)17/h4-7,11-13,19-20H,8H2,1-3H3,(H,18,21). The van der Waals surface area contributed by atoms with E-state index >= 15 is 0 Å². The molecule has 0 saturated heterocycles. The van der Waals surface area contributed by atoms with Gasteiger partial charge in [0.05, 0.1) is 0 Å². The average molecular weight is 333 g/mol. The lowest BCUT2D eigenvalue weighted by molar-refractivity contribution is -0.0499. The maximum absolute atomic E-state index is 12.0. The Morgan fingerprint density at radius 3 is 2.26 bits per heavy atom. The molecule has 0 fully saturated rings. The van der Waals surface area contributed by atoms with Gasteiger partial charge in [0, 0.05) is 6.54 Å². The van der Waals surface area contributed by atoms with Crippen molar-refractivity contribution in [3.63, 3.8) is 0 Å². The van der Waals surface area contributed by atoms with Crippen molar-refractivity contribution in [3.05, 3.63) is 29.8 Å². The van der Waals surface area contributed by atoms with Gasteiger partial charge in [-0.25, -0.2) is 4.79 Å². The van der Waals surface area contributed by atoms with Gasteiger partial charge in [-0.15, -0.1) is 0 Å². The second kappa shape index (κ2) is 8.07. The van der Waals surface area contributed by atoms with Crippen molar-refractivity contribution in [3.8, 4) is 5.75 Å². The molecule has 130 valence electrons. The zero-order chi connectivity index (χ0) is 17.6. The summed E-state index contributed by atoms with van der Waals surface area (Å²) in [6.45, 7) is 1.92. The van der Waals surface area contributed by atoms with Crippen LogP contribution < -0.4 is 10.1 Å². The molecular formula is C15H21F2NO5. The Balaban J connectivity index is 2.52. The van der Waals surface area contributed by atoms with Crippen LogP contribution in [0, 0.1) is 0 Å². The first-order chi connectivity index (χ1) is 10.6. The van der Waals surface area contributed by atoms with Crippen LogP contribution in [0.25, 0.3) is 0 Å². The number of rotatable bonds is 6. The first-order valence-corrected chi connectivity index (χ1v) is 6.96. The summed E-state index contributed by atoms with van der Waals surface area (Å²) in [6.07, 6.45) is -3.31. The number of alkyl carbamates (subject to hydrolysis) is 1. The molecule has 2 unspecified atom stereocenters. The third-order valence-electron chi connectivity index (χ3n) is 2.67. The molecule has 1 rings (SSSR count). The van der Waals surface area contributed by atoms with E-state index in [1.54, 1.807) is 20.8 Å². The summed E-state index contributed by atoms with van der Waals surface area (Å²) in [5.74, 6) is -0.0580. The van der Waals surface area contributed by atoms with Gasteiger partial charge in [0.2, 0.25) is 0 Å². The molecule has 2 atom stereocenters. The van der Waals surface area contributed by atoms with Gasteiger partial charge in [-0.3, -0.25) is 0 Å². The van der Waals surface area contributed by atoms with E-state index in [2.05, 4.69) is 10.1 Å². The summed E-state index contributed by atoms with van der Waals surface area (Å²) >= 11 is 0. The molecule has 0 saturated carbocycles. The Kier molecular flexibility index (Phi) is 6.71. The Morgan fingerprint density at radius 2 is 1.78 bits per heavy atom. The molecule has 23 heavy (non-hydrogen) atoms. The van der Waals surface area contributed by atoms with Crippen molar-refractivity contribution in [1.82, 2.24) is 5.32 Å². The minimum atomic E-state index is -2.94. The van der Waals surface area contributed by atoms with Crippen molar-refractivity contribution in [2.24, 2.45) is 0 Å². The van der Waals surface area contributed by atoms with Crippen LogP contribution in [0.4, 0.5) is 13.6 Å². The first kappa shape index (κ1) is 19.1. The molecule has 6 nitrogen and oxygen atoms in total. The minimum Gasteiger partial charge on any atom is -0.444 e. The molecule has 1 aromatic rings. The molecular weight excluding hydrogens is 312 g/mol. The number of hydrogen-bond donors (Lipinski definition) is 3. The average Bonchev–Trinajstić information content (AvgIpc) is 2.42. The van der Waals surface area contributed by atoms with E-state index in [1.165, 1.54) is 24.3 Å². The van der Waals surface area contributed by atoms with Crippen LogP contribution in [0.1, 0.15) is 32.4 Å². The molecule has 0 radical (unpaired) electrons. The third-order valence-corrected chi connectivity index (χ3v) is 2.67. The summed E-state index contributed by atoms with van der Waals surface area (Å²) < 4.78 is 33.3. The topological polar surface area (TPSA) is 88.0 Å². The lowest BCUT2D eigenvalue weighted by Gasteiger charge is -2.22. The summed E-state index contributed by atoms with van der Waals surface area (Å²) in [7, 11) is 0. The smallest absolute Gasteiger partial charge is 0.407 e. The van der Waals surface area contributed by atoms with Crippen molar-refractivity contribution < 1.29 is 33.3 Å². The number of hydrogen-bond acceptors (Lipinski definition) is 5. The highest BCUT2D eigenvalue weighted by Crippen LogP contribution is 2.21. The van der Waals surface area contributed by atoms with Gasteiger partial charge in [0.1, 0.15) is 23.6 Å². The fraction of sp³-hybridized carbons (Fsp3) is 0.533. The quantitative estimate of drug-likeness (QED) is 0.743. The van der Waals surface area contributed by atoms with E-state index in [1.807, 2.05) is 0 Å². The molecule has 3 N–H and O–H groups in total. The van der Waals surface area contributed by atoms with Gasteiger partial charge in [0.15, 0.2) is 0 Å². The first-order valence-electron chi connectivity index (χ1n) is 6.96. The number of halogens is 2. The number of alkyl halides is 2. The van der Waals surface area contributed by atoms with Crippen LogP contribution >= 0.6 is 0 Å². The SMILES string of the molecule is CC(C)(C)OC(=O)NCC(O)C(O)c1ccc(OC(F)F)cc1. The maximum atomic E-state index is 12.0. The zero-order valence-corrected chi connectivity index (χ0v) is 13.1. The van der Waals surface area contributed by atoms with E-state index < -0.39 is 30.5 Å². The predicted octanol–water partition coefficient (Wildman–Crippen LogP) is 2.21. The van der Waals surface area contributed by atoms with Gasteiger partial charge in [0.25, 0.3) is 0 Å². The second-order valence-corrected chi connectivity index (χ2v) is 5.84. The van der Waals surface area contributed by atoms with Gasteiger partial charge < -0.3 is 25.0 Å². The fourth-order valence-corrected chi connectivity index (χ4v) is 1.68. The summed E-state index contributed by atoms with van der Waals surface area (Å²) in [5.41, 5.74) is -0.376. The lowest BCUT2D eigenvalue weighted by atomic mass is 10.0. The van der Waals surface area contributed by atoms with Crippen LogP contribution in [-0.4, -0.2) is 41.2 Å². The zero-order valence-electron chi connectivity index (χ0n) is 13.1. The predicted molar refractivity (Wildman–Crippen MR) is 78.3 cm³/mol. The number of carbonyl (C=O) groups excluding carboxylic acids is 1. The molecule has 1 amide bonds. The Morgan fingerprint density at radius 1 is 1.22 bits per heavy atom. The number of ether oxygens (including phenoxy) is 2. The molecule has 0 bridgehead atoms. The summed E-state index contributed by atoms with van der Waals surface area (Å²) in [6, 6.07) is 5.19. The van der Waals surface area contributed by atoms with Crippen LogP contribution in [0.3, 0.4) is 0 Å². The van der Waals surface area contributed by atoms with E-state index in [4.69, 9.17) is 4.74 Å². The molecule has 0 spiro atoms. The molecule has 8 heteroatoms. The van der Waals surface area contributed by atoms with Crippen molar-refractivity contribution in [2.75, 3.05) is 6.54 Å². The number of carbonyl (C=O) groups is 1. The van der Waals surface area contributed by atoms with Crippen molar-refractivity contribution in [2.45, 2.75) is 45.2 Å². The van der Waals surface area contributed by atoms with E-state index in [0.717, 1.165) is 0 Å². The summed E-state index contributed by atoms with van der Waals surface area (Å²) in [5, 5.41) is 22.2. The van der Waals surface area contributed by atoms with Gasteiger partial charge in [-0.2, -0.15) is 8.78 Å². The Labute approximate surface area is 133 Å². The number of benzene rings is 1. The van der Waals surface area contributed by atoms with E-state index in [0.29, 0.717) is 5.56 Å². The van der Waals surface area contributed by atoms with Crippen LogP contribution in [0.15, 0.2) is 24.3 Å². The van der Waals surface area contributed by atoms with Crippen LogP contribution in [0.5, 0.6) is 5.75 Å². The van der Waals surface area contributed by atoms with Crippen molar-refractivity contribution >= 4 is 6.09 Å². The number of aliphatic hydroxyl groups is 2. The highest BCUT2D eigenvalue weighted by Gasteiger charge is 2.21. The van der Waals surface area contributed by atoms with Crippen molar-refractivity contribution in [1.29, 1.82) is 0 Å². The maximum Gasteiger partial charge on any atom is 0.407 e. The molecule has 0 aliphatic heterocycles. The normalized spacial score (nSPS) is 14.3. The Hall–Kier alpha value is -1.93. The molecule has 1 aromatic carbocycles. The highest BCUT2D eigenvalue weighted by atomic mass is 19.3. The summed E-state index contributed by atoms with van der Waals surface area (Å²) in [4.78, 5) is 11.5.